The van der Waals surface area contributed by atoms with Crippen molar-refractivity contribution in [3.05, 3.63) is 0 Å². The predicted octanol–water partition coefficient (Wildman–Crippen LogP) is 4.48. The molecule has 1 rings (SSSR count). The van der Waals surface area contributed by atoms with E-state index in [2.05, 4.69) is 22.9 Å². The minimum Gasteiger partial charge on any atom is -0.303 e. The van der Waals surface area contributed by atoms with Crippen LogP contribution in [0, 0.1) is 5.92 Å². The SMILES string of the molecule is CC1(Br)CCCCCCCCC(C=O)C1. The second-order valence-corrected chi connectivity index (χ2v) is 7.09. The number of aldehydes is 1. The lowest BCUT2D eigenvalue weighted by atomic mass is 9.90. The number of hydrogen-bond donors (Lipinski definition) is 0. The first-order valence-electron chi connectivity index (χ1n) is 6.28. The van der Waals surface area contributed by atoms with Crippen molar-refractivity contribution in [1.29, 1.82) is 0 Å². The highest BCUT2D eigenvalue weighted by atomic mass is 79.9. The minimum atomic E-state index is 0.183. The monoisotopic (exact) mass is 274 g/mol. The Bertz CT molecular complexity index is 189. The molecular weight excluding hydrogens is 252 g/mol. The second-order valence-electron chi connectivity index (χ2n) is 5.17. The van der Waals surface area contributed by atoms with Crippen LogP contribution >= 0.6 is 15.9 Å². The van der Waals surface area contributed by atoms with Crippen LogP contribution in [-0.2, 0) is 4.79 Å². The van der Waals surface area contributed by atoms with E-state index < -0.39 is 0 Å². The van der Waals surface area contributed by atoms with Gasteiger partial charge in [-0.25, -0.2) is 0 Å². The van der Waals surface area contributed by atoms with Crippen molar-refractivity contribution >= 4 is 22.2 Å². The molecule has 2 heteroatoms. The third-order valence-corrected chi connectivity index (χ3v) is 4.12. The summed E-state index contributed by atoms with van der Waals surface area (Å²) in [6, 6.07) is 0. The van der Waals surface area contributed by atoms with Gasteiger partial charge in [-0.15, -0.1) is 0 Å². The molecule has 0 aliphatic heterocycles. The van der Waals surface area contributed by atoms with Crippen LogP contribution in [0.1, 0.15) is 64.7 Å². The molecule has 0 spiro atoms. The summed E-state index contributed by atoms with van der Waals surface area (Å²) in [5.74, 6) is 0.271. The molecule has 2 atom stereocenters. The molecule has 15 heavy (non-hydrogen) atoms. The zero-order valence-corrected chi connectivity index (χ0v) is 11.4. The third kappa shape index (κ3) is 5.70. The van der Waals surface area contributed by atoms with Gasteiger partial charge in [-0.05, 0) is 26.2 Å². The summed E-state index contributed by atoms with van der Waals surface area (Å²) < 4.78 is 0.183. The highest BCUT2D eigenvalue weighted by Gasteiger charge is 2.24. The van der Waals surface area contributed by atoms with E-state index in [1.807, 2.05) is 0 Å². The largest absolute Gasteiger partial charge is 0.303 e. The van der Waals surface area contributed by atoms with Crippen molar-refractivity contribution in [2.24, 2.45) is 5.92 Å². The van der Waals surface area contributed by atoms with Gasteiger partial charge in [0.05, 0.1) is 0 Å². The summed E-state index contributed by atoms with van der Waals surface area (Å²) in [4.78, 5) is 11.0. The van der Waals surface area contributed by atoms with E-state index in [9.17, 15) is 4.79 Å². The Kier molecular flexibility index (Phi) is 5.88. The number of hydrogen-bond acceptors (Lipinski definition) is 1. The van der Waals surface area contributed by atoms with E-state index in [4.69, 9.17) is 0 Å². The second kappa shape index (κ2) is 6.67. The molecule has 2 unspecified atom stereocenters. The smallest absolute Gasteiger partial charge is 0.123 e. The van der Waals surface area contributed by atoms with Gasteiger partial charge in [0.2, 0.25) is 0 Å². The van der Waals surface area contributed by atoms with Crippen molar-refractivity contribution in [3.63, 3.8) is 0 Å². The first-order valence-corrected chi connectivity index (χ1v) is 7.07. The molecule has 0 saturated heterocycles. The van der Waals surface area contributed by atoms with Crippen LogP contribution in [-0.4, -0.2) is 10.6 Å². The standard InChI is InChI=1S/C13H23BrO/c1-13(14)9-7-5-3-2-4-6-8-12(10-13)11-15/h11-12H,2-10H2,1H3. The van der Waals surface area contributed by atoms with Crippen LogP contribution in [0.2, 0.25) is 0 Å². The number of carbonyl (C=O) groups is 1. The van der Waals surface area contributed by atoms with Crippen molar-refractivity contribution in [2.75, 3.05) is 0 Å². The van der Waals surface area contributed by atoms with Crippen molar-refractivity contribution < 1.29 is 4.79 Å². The maximum absolute atomic E-state index is 11.0. The first kappa shape index (κ1) is 13.2. The summed E-state index contributed by atoms with van der Waals surface area (Å²) in [6.45, 7) is 2.24. The molecule has 1 fully saturated rings. The van der Waals surface area contributed by atoms with Gasteiger partial charge in [0, 0.05) is 10.2 Å². The molecule has 1 nitrogen and oxygen atoms in total. The molecule has 88 valence electrons. The van der Waals surface area contributed by atoms with Crippen molar-refractivity contribution in [1.82, 2.24) is 0 Å². The van der Waals surface area contributed by atoms with Crippen LogP contribution < -0.4 is 0 Å². The van der Waals surface area contributed by atoms with E-state index in [-0.39, 0.29) is 10.2 Å². The number of carbonyl (C=O) groups excluding carboxylic acids is 1. The fraction of sp³-hybridized carbons (Fsp3) is 0.923. The summed E-state index contributed by atoms with van der Waals surface area (Å²) in [7, 11) is 0. The van der Waals surface area contributed by atoms with Crippen LogP contribution in [0.25, 0.3) is 0 Å². The topological polar surface area (TPSA) is 17.1 Å². The average molecular weight is 275 g/mol. The van der Waals surface area contributed by atoms with Crippen LogP contribution in [0.15, 0.2) is 0 Å². The van der Waals surface area contributed by atoms with Crippen LogP contribution in [0.5, 0.6) is 0 Å². The Morgan fingerprint density at radius 3 is 2.40 bits per heavy atom. The van der Waals surface area contributed by atoms with Gasteiger partial charge in [-0.1, -0.05) is 54.5 Å². The maximum Gasteiger partial charge on any atom is 0.123 e. The van der Waals surface area contributed by atoms with Crippen LogP contribution in [0.3, 0.4) is 0 Å². The van der Waals surface area contributed by atoms with Gasteiger partial charge in [-0.3, -0.25) is 0 Å². The number of alkyl halides is 1. The average Bonchev–Trinajstić information content (AvgIpc) is 2.22. The highest BCUT2D eigenvalue weighted by Crippen LogP contribution is 2.33. The lowest BCUT2D eigenvalue weighted by Crippen LogP contribution is -2.21. The molecule has 0 amide bonds. The van der Waals surface area contributed by atoms with Gasteiger partial charge >= 0.3 is 0 Å². The Morgan fingerprint density at radius 2 is 1.73 bits per heavy atom. The molecule has 0 bridgehead atoms. The molecule has 0 aromatic rings. The highest BCUT2D eigenvalue weighted by molar-refractivity contribution is 9.10. The summed E-state index contributed by atoms with van der Waals surface area (Å²) in [6.07, 6.45) is 12.4. The van der Waals surface area contributed by atoms with Gasteiger partial charge in [-0.2, -0.15) is 0 Å². The third-order valence-electron chi connectivity index (χ3n) is 3.40. The summed E-state index contributed by atoms with van der Waals surface area (Å²) in [5, 5.41) is 0. The fourth-order valence-electron chi connectivity index (χ4n) is 2.47. The maximum atomic E-state index is 11.0. The van der Waals surface area contributed by atoms with Gasteiger partial charge in [0.1, 0.15) is 6.29 Å². The van der Waals surface area contributed by atoms with E-state index in [0.717, 1.165) is 19.1 Å². The van der Waals surface area contributed by atoms with Crippen molar-refractivity contribution in [2.45, 2.75) is 69.0 Å². The summed E-state index contributed by atoms with van der Waals surface area (Å²) >= 11 is 3.79. The lowest BCUT2D eigenvalue weighted by molar-refractivity contribution is -0.111. The van der Waals surface area contributed by atoms with E-state index >= 15 is 0 Å². The normalized spacial score (nSPS) is 35.5. The molecule has 0 radical (unpaired) electrons. The van der Waals surface area contributed by atoms with Crippen molar-refractivity contribution in [3.8, 4) is 0 Å². The minimum absolute atomic E-state index is 0.183. The number of halogens is 1. The molecule has 1 aliphatic carbocycles. The number of rotatable bonds is 1. The van der Waals surface area contributed by atoms with E-state index in [1.165, 1.54) is 44.9 Å². The van der Waals surface area contributed by atoms with E-state index in [1.54, 1.807) is 0 Å². The van der Waals surface area contributed by atoms with E-state index in [0.29, 0.717) is 0 Å². The van der Waals surface area contributed by atoms with Gasteiger partial charge in [0.25, 0.3) is 0 Å². The molecule has 0 heterocycles. The quantitative estimate of drug-likeness (QED) is 0.509. The summed E-state index contributed by atoms with van der Waals surface area (Å²) in [5.41, 5.74) is 0. The van der Waals surface area contributed by atoms with Crippen LogP contribution in [0.4, 0.5) is 0 Å². The molecule has 0 aromatic heterocycles. The Balaban J connectivity index is 2.49. The van der Waals surface area contributed by atoms with Gasteiger partial charge in [0.15, 0.2) is 0 Å². The Labute approximate surface area is 102 Å². The molecular formula is C13H23BrO. The zero-order chi connectivity index (χ0) is 11.1. The Hall–Kier alpha value is 0.150. The predicted molar refractivity (Wildman–Crippen MR) is 68.4 cm³/mol. The molecule has 0 aromatic carbocycles. The lowest BCUT2D eigenvalue weighted by Gasteiger charge is -2.25. The molecule has 1 aliphatic rings. The Morgan fingerprint density at radius 1 is 1.13 bits per heavy atom. The molecule has 1 saturated carbocycles. The molecule has 0 N–H and O–H groups in total. The first-order chi connectivity index (χ1) is 7.14. The van der Waals surface area contributed by atoms with Gasteiger partial charge < -0.3 is 4.79 Å². The fourth-order valence-corrected chi connectivity index (χ4v) is 3.17. The zero-order valence-electron chi connectivity index (χ0n) is 9.80.